The fraction of sp³-hybridized carbons (Fsp3) is 0.938. The van der Waals surface area contributed by atoms with Crippen molar-refractivity contribution < 1.29 is 28.6 Å². The van der Waals surface area contributed by atoms with Crippen LogP contribution in [0.15, 0.2) is 0 Å². The average Bonchev–Trinajstić information content (AvgIpc) is 3.14. The van der Waals surface area contributed by atoms with Crippen LogP contribution in [-0.2, 0) is 28.6 Å². The zero-order valence-electron chi connectivity index (χ0n) is 36.8. The summed E-state index contributed by atoms with van der Waals surface area (Å²) in [5.41, 5.74) is 0. The van der Waals surface area contributed by atoms with Gasteiger partial charge in [-0.05, 0) is 31.1 Å². The molecule has 0 radical (unpaired) electrons. The second kappa shape index (κ2) is 41.1. The molecule has 0 N–H and O–H groups in total. The highest BCUT2D eigenvalue weighted by Crippen LogP contribution is 2.17. The van der Waals surface area contributed by atoms with E-state index in [0.29, 0.717) is 19.3 Å². The van der Waals surface area contributed by atoms with Gasteiger partial charge in [-0.3, -0.25) is 14.4 Å². The van der Waals surface area contributed by atoms with E-state index < -0.39 is 6.10 Å². The van der Waals surface area contributed by atoms with Crippen LogP contribution < -0.4 is 0 Å². The van der Waals surface area contributed by atoms with Crippen molar-refractivity contribution in [3.63, 3.8) is 0 Å². The summed E-state index contributed by atoms with van der Waals surface area (Å²) in [6, 6.07) is 0. The van der Waals surface area contributed by atoms with Crippen LogP contribution in [0, 0.1) is 11.8 Å². The van der Waals surface area contributed by atoms with E-state index >= 15 is 0 Å². The molecule has 0 aliphatic carbocycles. The molecule has 0 amide bonds. The van der Waals surface area contributed by atoms with Crippen molar-refractivity contribution in [1.29, 1.82) is 0 Å². The number of hydrogen-bond donors (Lipinski definition) is 0. The fourth-order valence-corrected chi connectivity index (χ4v) is 7.11. The van der Waals surface area contributed by atoms with Gasteiger partial charge in [-0.25, -0.2) is 0 Å². The maximum absolute atomic E-state index is 12.7. The normalized spacial score (nSPS) is 12.1. The molecule has 0 rings (SSSR count). The molecule has 6 nitrogen and oxygen atoms in total. The number of carbonyl (C=O) groups excluding carboxylic acids is 3. The minimum absolute atomic E-state index is 0.0654. The van der Waals surface area contributed by atoms with Crippen LogP contribution in [0.5, 0.6) is 0 Å². The first kappa shape index (κ1) is 52.4. The van der Waals surface area contributed by atoms with Crippen molar-refractivity contribution in [3.05, 3.63) is 0 Å². The average molecular weight is 765 g/mol. The molecule has 6 heteroatoms. The van der Waals surface area contributed by atoms with E-state index in [1.807, 2.05) is 0 Å². The lowest BCUT2D eigenvalue weighted by Gasteiger charge is -2.18. The molecule has 1 atom stereocenters. The third kappa shape index (κ3) is 41.6. The highest BCUT2D eigenvalue weighted by molar-refractivity contribution is 5.71. The van der Waals surface area contributed by atoms with Gasteiger partial charge in [0.05, 0.1) is 0 Å². The van der Waals surface area contributed by atoms with E-state index in [9.17, 15) is 14.4 Å². The SMILES string of the molecule is CCCCCCCCCC(=O)OC[C@@H](COC(=O)CCCCCCCCCCCCCCCCCCC(C)C)OC(=O)CCCCCCCCCC(C)C. The maximum Gasteiger partial charge on any atom is 0.306 e. The molecule has 0 aromatic carbocycles. The van der Waals surface area contributed by atoms with Gasteiger partial charge in [0.1, 0.15) is 13.2 Å². The molecule has 0 spiro atoms. The Balaban J connectivity index is 4.15. The van der Waals surface area contributed by atoms with Crippen molar-refractivity contribution >= 4 is 17.9 Å². The molecule has 0 aliphatic rings. The van der Waals surface area contributed by atoms with Gasteiger partial charge in [0.15, 0.2) is 6.10 Å². The largest absolute Gasteiger partial charge is 0.462 e. The second-order valence-electron chi connectivity index (χ2n) is 17.3. The van der Waals surface area contributed by atoms with E-state index in [1.165, 1.54) is 148 Å². The molecule has 0 bridgehead atoms. The Morgan fingerprint density at radius 1 is 0.352 bits per heavy atom. The van der Waals surface area contributed by atoms with Crippen molar-refractivity contribution in [2.24, 2.45) is 11.8 Å². The molecule has 0 saturated carbocycles. The van der Waals surface area contributed by atoms with Gasteiger partial charge in [-0.15, -0.1) is 0 Å². The molecule has 320 valence electrons. The quantitative estimate of drug-likeness (QED) is 0.0350. The molecule has 0 aromatic heterocycles. The van der Waals surface area contributed by atoms with E-state index in [0.717, 1.165) is 69.6 Å². The monoisotopic (exact) mass is 765 g/mol. The summed E-state index contributed by atoms with van der Waals surface area (Å²) in [6.45, 7) is 11.3. The Bertz CT molecular complexity index is 824. The Labute approximate surface area is 336 Å². The zero-order valence-corrected chi connectivity index (χ0v) is 36.8. The van der Waals surface area contributed by atoms with Gasteiger partial charge < -0.3 is 14.2 Å². The van der Waals surface area contributed by atoms with Crippen LogP contribution in [0.2, 0.25) is 0 Å². The van der Waals surface area contributed by atoms with Crippen LogP contribution in [-0.4, -0.2) is 37.2 Å². The van der Waals surface area contributed by atoms with Crippen molar-refractivity contribution in [3.8, 4) is 0 Å². The number of unbranched alkanes of at least 4 members (excludes halogenated alkanes) is 27. The lowest BCUT2D eigenvalue weighted by atomic mass is 10.0. The first-order chi connectivity index (χ1) is 26.2. The summed E-state index contributed by atoms with van der Waals surface area (Å²) in [5, 5.41) is 0. The summed E-state index contributed by atoms with van der Waals surface area (Å²) in [7, 11) is 0. The van der Waals surface area contributed by atoms with Crippen molar-refractivity contribution in [2.45, 2.75) is 265 Å². The highest BCUT2D eigenvalue weighted by Gasteiger charge is 2.19. The van der Waals surface area contributed by atoms with E-state index in [2.05, 4.69) is 34.6 Å². The zero-order chi connectivity index (χ0) is 39.7. The Kier molecular flexibility index (Phi) is 39.8. The summed E-state index contributed by atoms with van der Waals surface area (Å²) in [4.78, 5) is 37.6. The van der Waals surface area contributed by atoms with Gasteiger partial charge in [-0.2, -0.15) is 0 Å². The van der Waals surface area contributed by atoms with Gasteiger partial charge >= 0.3 is 17.9 Å². The second-order valence-corrected chi connectivity index (χ2v) is 17.3. The minimum atomic E-state index is -0.759. The van der Waals surface area contributed by atoms with Gasteiger partial charge in [0.25, 0.3) is 0 Å². The van der Waals surface area contributed by atoms with E-state index in [4.69, 9.17) is 14.2 Å². The predicted molar refractivity (Wildman–Crippen MR) is 229 cm³/mol. The lowest BCUT2D eigenvalue weighted by Crippen LogP contribution is -2.30. The summed E-state index contributed by atoms with van der Waals surface area (Å²) in [6.07, 6.45) is 39.7. The molecule has 0 aromatic rings. The number of rotatable bonds is 42. The third-order valence-corrected chi connectivity index (χ3v) is 10.7. The maximum atomic E-state index is 12.7. The predicted octanol–water partition coefficient (Wildman–Crippen LogP) is 15.0. The Morgan fingerprint density at radius 3 is 0.907 bits per heavy atom. The van der Waals surface area contributed by atoms with Crippen molar-refractivity contribution in [2.75, 3.05) is 13.2 Å². The number of hydrogen-bond acceptors (Lipinski definition) is 6. The lowest BCUT2D eigenvalue weighted by molar-refractivity contribution is -0.167. The molecule has 0 unspecified atom stereocenters. The van der Waals surface area contributed by atoms with Crippen LogP contribution in [0.4, 0.5) is 0 Å². The summed E-state index contributed by atoms with van der Waals surface area (Å²) >= 11 is 0. The van der Waals surface area contributed by atoms with Gasteiger partial charge in [0, 0.05) is 19.3 Å². The van der Waals surface area contributed by atoms with Gasteiger partial charge in [0.2, 0.25) is 0 Å². The Hall–Kier alpha value is -1.59. The molecular weight excluding hydrogens is 673 g/mol. The highest BCUT2D eigenvalue weighted by atomic mass is 16.6. The first-order valence-electron chi connectivity index (χ1n) is 23.7. The molecule has 0 fully saturated rings. The molecule has 0 aliphatic heterocycles. The molecular formula is C48H92O6. The van der Waals surface area contributed by atoms with Crippen LogP contribution in [0.3, 0.4) is 0 Å². The van der Waals surface area contributed by atoms with E-state index in [1.54, 1.807) is 0 Å². The number of ether oxygens (including phenoxy) is 3. The molecule has 54 heavy (non-hydrogen) atoms. The number of carbonyl (C=O) groups is 3. The third-order valence-electron chi connectivity index (χ3n) is 10.7. The summed E-state index contributed by atoms with van der Waals surface area (Å²) < 4.78 is 16.7. The first-order valence-corrected chi connectivity index (χ1v) is 23.7. The standard InChI is InChI=1S/C48H92O6/c1-6-7-8-9-21-28-33-38-46(49)52-41-45(54-48(51)40-35-30-25-20-23-27-32-37-44(4)5)42-53-47(50)39-34-29-24-19-17-15-13-11-10-12-14-16-18-22-26-31-36-43(2)3/h43-45H,6-42H2,1-5H3/t45-/m0/s1. The van der Waals surface area contributed by atoms with Crippen LogP contribution in [0.25, 0.3) is 0 Å². The molecule has 0 saturated heterocycles. The van der Waals surface area contributed by atoms with Gasteiger partial charge in [-0.1, -0.05) is 221 Å². The molecule has 0 heterocycles. The Morgan fingerprint density at radius 2 is 0.611 bits per heavy atom. The smallest absolute Gasteiger partial charge is 0.306 e. The summed E-state index contributed by atoms with van der Waals surface area (Å²) in [5.74, 6) is 0.767. The minimum Gasteiger partial charge on any atom is -0.462 e. The fourth-order valence-electron chi connectivity index (χ4n) is 7.11. The van der Waals surface area contributed by atoms with Crippen LogP contribution in [0.1, 0.15) is 259 Å². The number of esters is 3. The van der Waals surface area contributed by atoms with E-state index in [-0.39, 0.29) is 31.1 Å². The topological polar surface area (TPSA) is 78.9 Å². The van der Waals surface area contributed by atoms with Crippen molar-refractivity contribution in [1.82, 2.24) is 0 Å². The van der Waals surface area contributed by atoms with Crippen LogP contribution >= 0.6 is 0 Å².